The van der Waals surface area contributed by atoms with E-state index in [0.717, 1.165) is 4.90 Å². The van der Waals surface area contributed by atoms with Gasteiger partial charge >= 0.3 is 5.97 Å². The highest BCUT2D eigenvalue weighted by molar-refractivity contribution is 8.01. The zero-order chi connectivity index (χ0) is 24.6. The van der Waals surface area contributed by atoms with Gasteiger partial charge in [0.05, 0.1) is 9.96 Å². The summed E-state index contributed by atoms with van der Waals surface area (Å²) in [6.07, 6.45) is 0.279. The van der Waals surface area contributed by atoms with Crippen LogP contribution in [0.2, 0.25) is 0 Å². The molecule has 3 unspecified atom stereocenters. The fraction of sp³-hybridized carbons (Fsp3) is 0.227. The zero-order valence-electron chi connectivity index (χ0n) is 17.5. The van der Waals surface area contributed by atoms with Crippen LogP contribution in [0.15, 0.2) is 65.3 Å². The summed E-state index contributed by atoms with van der Waals surface area (Å²) < 4.78 is 0. The number of non-ortho nitro benzene ring substituents is 1. The maximum Gasteiger partial charge on any atom is 0.353 e. The van der Waals surface area contributed by atoms with Crippen molar-refractivity contribution in [2.45, 2.75) is 29.1 Å². The molecular weight excluding hydrogens is 484 g/mol. The molecule has 10 nitrogen and oxygen atoms in total. The number of amides is 2. The molecule has 1 fully saturated rings. The monoisotopic (exact) mass is 502 g/mol. The van der Waals surface area contributed by atoms with Gasteiger partial charge in [-0.1, -0.05) is 54.1 Å². The van der Waals surface area contributed by atoms with E-state index in [-0.39, 0.29) is 22.8 Å². The number of hydrogen-bond acceptors (Lipinski definition) is 7. The molecule has 4 atom stereocenters. The Morgan fingerprint density at radius 2 is 1.85 bits per heavy atom. The van der Waals surface area contributed by atoms with Crippen LogP contribution in [0.25, 0.3) is 0 Å². The van der Waals surface area contributed by atoms with Crippen LogP contribution in [-0.4, -0.2) is 49.4 Å². The highest BCUT2D eigenvalue weighted by Gasteiger charge is 2.56. The fourth-order valence-electron chi connectivity index (χ4n) is 3.84. The van der Waals surface area contributed by atoms with E-state index in [9.17, 15) is 29.6 Å². The lowest BCUT2D eigenvalue weighted by molar-refractivity contribution is -0.384. The van der Waals surface area contributed by atoms with E-state index >= 15 is 0 Å². The van der Waals surface area contributed by atoms with Crippen molar-refractivity contribution >= 4 is 46.8 Å². The number of halogens is 1. The molecule has 12 heteroatoms. The number of β-lactam (4-membered cyclic amide) rings is 1. The first kappa shape index (κ1) is 23.7. The van der Waals surface area contributed by atoms with Crippen molar-refractivity contribution in [3.63, 3.8) is 0 Å². The van der Waals surface area contributed by atoms with Gasteiger partial charge in [-0.2, -0.15) is 0 Å². The van der Waals surface area contributed by atoms with E-state index in [1.54, 1.807) is 42.5 Å². The summed E-state index contributed by atoms with van der Waals surface area (Å²) in [6, 6.07) is 12.5. The molecule has 2 aliphatic heterocycles. The molecule has 2 amide bonds. The number of nitro groups is 1. The van der Waals surface area contributed by atoms with Crippen LogP contribution < -0.4 is 11.1 Å². The Hall–Kier alpha value is -3.41. The van der Waals surface area contributed by atoms with Crippen LogP contribution in [-0.2, 0) is 20.8 Å². The molecule has 176 valence electrons. The molecule has 4 rings (SSSR count). The highest BCUT2D eigenvalue weighted by atomic mass is 35.5. The van der Waals surface area contributed by atoms with E-state index in [2.05, 4.69) is 5.32 Å². The van der Waals surface area contributed by atoms with Crippen molar-refractivity contribution in [2.24, 2.45) is 5.73 Å². The Bertz CT molecular complexity index is 1190. The molecule has 0 aromatic heterocycles. The van der Waals surface area contributed by atoms with Crippen LogP contribution >= 0.6 is 23.4 Å². The molecule has 0 spiro atoms. The number of fused-ring (bicyclic) bond motifs is 1. The van der Waals surface area contributed by atoms with Gasteiger partial charge in [0.2, 0.25) is 5.91 Å². The number of nitrogens with one attached hydrogen (secondary N) is 1. The number of nitrogens with zero attached hydrogens (tertiary/aromatic N) is 2. The van der Waals surface area contributed by atoms with Gasteiger partial charge in [-0.3, -0.25) is 24.6 Å². The van der Waals surface area contributed by atoms with E-state index < -0.39 is 45.4 Å². The van der Waals surface area contributed by atoms with Gasteiger partial charge in [0.1, 0.15) is 23.2 Å². The fourth-order valence-corrected chi connectivity index (χ4v) is 5.77. The summed E-state index contributed by atoms with van der Waals surface area (Å²) in [5, 5.41) is 22.0. The summed E-state index contributed by atoms with van der Waals surface area (Å²) in [7, 11) is 0. The highest BCUT2D eigenvalue weighted by Crippen LogP contribution is 2.46. The number of carbonyl (C=O) groups is 3. The maximum absolute atomic E-state index is 12.8. The zero-order valence-corrected chi connectivity index (χ0v) is 19.0. The molecule has 0 aliphatic carbocycles. The summed E-state index contributed by atoms with van der Waals surface area (Å²) in [6.45, 7) is 0. The Balaban J connectivity index is 1.54. The minimum atomic E-state index is -1.36. The number of nitrogens with two attached hydrogens (primary N) is 1. The van der Waals surface area contributed by atoms with Crippen LogP contribution in [0.4, 0.5) is 5.69 Å². The first-order chi connectivity index (χ1) is 16.2. The lowest BCUT2D eigenvalue weighted by atomic mass is 10.0. The minimum absolute atomic E-state index is 0.00813. The summed E-state index contributed by atoms with van der Waals surface area (Å²) in [5.41, 5.74) is 6.90. The van der Waals surface area contributed by atoms with Crippen molar-refractivity contribution in [3.05, 3.63) is 86.6 Å². The molecule has 0 bridgehead atoms. The topological polar surface area (TPSA) is 156 Å². The SMILES string of the molecule is NC(C(=O)NC1C(=O)N2C(C(=O)O)=C(Cl)C(Cc3ccc([N+](=O)[O-])cc3)S[C@H]12)c1ccccc1. The molecule has 4 N–H and O–H groups in total. The van der Waals surface area contributed by atoms with Crippen molar-refractivity contribution in [2.75, 3.05) is 0 Å². The van der Waals surface area contributed by atoms with Gasteiger partial charge in [-0.25, -0.2) is 4.79 Å². The van der Waals surface area contributed by atoms with Crippen LogP contribution in [0.1, 0.15) is 17.2 Å². The first-order valence-corrected chi connectivity index (χ1v) is 11.5. The van der Waals surface area contributed by atoms with Gasteiger partial charge in [0, 0.05) is 17.4 Å². The Kier molecular flexibility index (Phi) is 6.60. The number of rotatable bonds is 7. The third-order valence-electron chi connectivity index (χ3n) is 5.61. The number of carboxylic acid groups (broad SMARTS) is 1. The largest absolute Gasteiger partial charge is 0.477 e. The number of thioether (sulfide) groups is 1. The third kappa shape index (κ3) is 4.37. The molecule has 2 aromatic carbocycles. The van der Waals surface area contributed by atoms with Gasteiger partial charge < -0.3 is 16.2 Å². The summed E-state index contributed by atoms with van der Waals surface area (Å²) >= 11 is 7.63. The summed E-state index contributed by atoms with van der Waals surface area (Å²) in [5.74, 6) is -2.51. The van der Waals surface area contributed by atoms with Gasteiger partial charge in [-0.05, 0) is 17.5 Å². The molecular formula is C22H19ClN4O6S. The molecule has 2 aromatic rings. The van der Waals surface area contributed by atoms with Crippen LogP contribution in [0.3, 0.4) is 0 Å². The number of benzene rings is 2. The third-order valence-corrected chi connectivity index (χ3v) is 7.67. The minimum Gasteiger partial charge on any atom is -0.477 e. The van der Waals surface area contributed by atoms with Gasteiger partial charge in [0.15, 0.2) is 0 Å². The summed E-state index contributed by atoms with van der Waals surface area (Å²) in [4.78, 5) is 48.8. The second kappa shape index (κ2) is 9.45. The standard InChI is InChI=1S/C22H19ClN4O6S/c23-15-14(10-11-6-8-13(9-7-11)27(32)33)34-21-17(20(29)26(21)18(15)22(30)31)25-19(28)16(24)12-4-2-1-3-5-12/h1-9,14,16-17,21H,10,24H2,(H,25,28)(H,30,31)/t14?,16?,17?,21-/m1/s1. The maximum atomic E-state index is 12.8. The second-order valence-electron chi connectivity index (χ2n) is 7.73. The van der Waals surface area contributed by atoms with E-state index in [4.69, 9.17) is 17.3 Å². The van der Waals surface area contributed by atoms with Crippen molar-refractivity contribution in [3.8, 4) is 0 Å². The molecule has 34 heavy (non-hydrogen) atoms. The number of hydrogen-bond donors (Lipinski definition) is 3. The second-order valence-corrected chi connectivity index (χ2v) is 9.46. The molecule has 1 saturated heterocycles. The van der Waals surface area contributed by atoms with Crippen LogP contribution in [0, 0.1) is 10.1 Å². The van der Waals surface area contributed by atoms with Gasteiger partial charge in [0.25, 0.3) is 11.6 Å². The molecule has 0 radical (unpaired) electrons. The Labute approximate surface area is 202 Å². The Morgan fingerprint density at radius 3 is 2.44 bits per heavy atom. The van der Waals surface area contributed by atoms with Crippen molar-refractivity contribution < 1.29 is 24.4 Å². The van der Waals surface area contributed by atoms with E-state index in [1.165, 1.54) is 23.9 Å². The number of carbonyl (C=O) groups excluding carboxylic acids is 2. The van der Waals surface area contributed by atoms with Gasteiger partial charge in [-0.15, -0.1) is 11.8 Å². The van der Waals surface area contributed by atoms with E-state index in [1.807, 2.05) is 0 Å². The number of nitro benzene ring substituents is 1. The molecule has 2 heterocycles. The average Bonchev–Trinajstić information content (AvgIpc) is 2.83. The predicted molar refractivity (Wildman–Crippen MR) is 125 cm³/mol. The van der Waals surface area contributed by atoms with Crippen molar-refractivity contribution in [1.82, 2.24) is 10.2 Å². The van der Waals surface area contributed by atoms with E-state index in [0.29, 0.717) is 11.1 Å². The quantitative estimate of drug-likeness (QED) is 0.295. The average molecular weight is 503 g/mol. The Morgan fingerprint density at radius 1 is 1.21 bits per heavy atom. The lowest BCUT2D eigenvalue weighted by Crippen LogP contribution is -2.71. The smallest absolute Gasteiger partial charge is 0.353 e. The molecule has 2 aliphatic rings. The first-order valence-electron chi connectivity index (χ1n) is 10.1. The molecule has 0 saturated carbocycles. The number of carboxylic acids is 1. The van der Waals surface area contributed by atoms with Crippen LogP contribution in [0.5, 0.6) is 0 Å². The van der Waals surface area contributed by atoms with Crippen molar-refractivity contribution in [1.29, 1.82) is 0 Å². The normalized spacial score (nSPS) is 22.5. The lowest BCUT2D eigenvalue weighted by Gasteiger charge is -2.50. The predicted octanol–water partition coefficient (Wildman–Crippen LogP) is 2.14. The number of aliphatic carboxylic acids is 1.